The van der Waals surface area contributed by atoms with E-state index < -0.39 is 11.6 Å². The molecule has 8 nitrogen and oxygen atoms in total. The lowest BCUT2D eigenvalue weighted by molar-refractivity contribution is -0.185. The van der Waals surface area contributed by atoms with Crippen molar-refractivity contribution in [3.05, 3.63) is 78.3 Å². The fraction of sp³-hybridized carbons (Fsp3) is 0.269. The molecule has 0 bridgehead atoms. The number of Topliss-reactive ketones (excluding diaryl/α,β-unsaturated/α-hetero) is 1. The number of hydrogen-bond donors (Lipinski definition) is 0. The van der Waals surface area contributed by atoms with Crippen LogP contribution in [0.15, 0.2) is 65.8 Å². The van der Waals surface area contributed by atoms with Gasteiger partial charge in [-0.1, -0.05) is 29.4 Å². The first-order valence-corrected chi connectivity index (χ1v) is 11.5. The monoisotopic (exact) mass is 508 g/mol. The highest BCUT2D eigenvalue weighted by Gasteiger charge is 2.51. The zero-order chi connectivity index (χ0) is 26.4. The average Bonchev–Trinajstić information content (AvgIpc) is 3.58. The van der Waals surface area contributed by atoms with Gasteiger partial charge in [0.15, 0.2) is 5.76 Å². The summed E-state index contributed by atoms with van der Waals surface area (Å²) in [5, 5.41) is 12.3. The smallest absolute Gasteiger partial charge is 0.360 e. The zero-order valence-corrected chi connectivity index (χ0v) is 20.3. The van der Waals surface area contributed by atoms with Crippen LogP contribution in [0.4, 0.5) is 13.2 Å². The predicted octanol–water partition coefficient (Wildman–Crippen LogP) is 4.98. The van der Waals surface area contributed by atoms with Gasteiger partial charge in [-0.15, -0.1) is 0 Å². The van der Waals surface area contributed by atoms with Gasteiger partial charge in [0.1, 0.15) is 11.2 Å². The molecule has 0 aliphatic carbocycles. The third-order valence-electron chi connectivity index (χ3n) is 6.33. The molecule has 5 aromatic rings. The van der Waals surface area contributed by atoms with Crippen LogP contribution in [0.2, 0.25) is 0 Å². The first-order chi connectivity index (χ1) is 17.5. The second-order valence-electron chi connectivity index (χ2n) is 9.46. The van der Waals surface area contributed by atoms with Crippen molar-refractivity contribution in [1.82, 2.24) is 29.5 Å². The number of nitrogens with zero attached hydrogens (tertiary/aromatic N) is 6. The number of carbonyl (C=O) groups excluding carboxylic acids is 1. The molecule has 4 heterocycles. The Kier molecular flexibility index (Phi) is 5.93. The van der Waals surface area contributed by atoms with E-state index in [9.17, 15) is 18.0 Å². The lowest BCUT2D eigenvalue weighted by atomic mass is 9.89. The van der Waals surface area contributed by atoms with Gasteiger partial charge in [-0.3, -0.25) is 14.5 Å². The van der Waals surface area contributed by atoms with Gasteiger partial charge in [0.25, 0.3) is 0 Å². The fourth-order valence-corrected chi connectivity index (χ4v) is 3.93. The Labute approximate surface area is 209 Å². The molecule has 0 unspecified atom stereocenters. The summed E-state index contributed by atoms with van der Waals surface area (Å²) in [6, 6.07) is 8.68. The maximum Gasteiger partial charge on any atom is 0.401 e. The van der Waals surface area contributed by atoms with Crippen molar-refractivity contribution in [2.45, 2.75) is 38.3 Å². The van der Waals surface area contributed by atoms with Gasteiger partial charge in [-0.25, -0.2) is 4.52 Å². The molecule has 0 amide bonds. The largest absolute Gasteiger partial charge is 0.401 e. The molecule has 0 saturated heterocycles. The van der Waals surface area contributed by atoms with Crippen molar-refractivity contribution in [3.8, 4) is 22.4 Å². The SMILES string of the molecule is Cn1cc(-c2cn3ncc(-c4ccc(CC(=O)Cc5cc(C(C)(C)C(F)(F)F)on5)cc4)c3cn2)cn1. The Morgan fingerprint density at radius 1 is 0.973 bits per heavy atom. The molecule has 5 rings (SSSR count). The molecule has 0 spiro atoms. The molecule has 0 aliphatic rings. The summed E-state index contributed by atoms with van der Waals surface area (Å²) < 4.78 is 48.0. The molecular weight excluding hydrogens is 485 g/mol. The van der Waals surface area contributed by atoms with E-state index in [1.807, 2.05) is 43.7 Å². The van der Waals surface area contributed by atoms with Crippen LogP contribution in [0, 0.1) is 0 Å². The van der Waals surface area contributed by atoms with E-state index in [4.69, 9.17) is 4.52 Å². The van der Waals surface area contributed by atoms with E-state index in [1.165, 1.54) is 6.07 Å². The number of carbonyl (C=O) groups is 1. The van der Waals surface area contributed by atoms with Crippen LogP contribution in [-0.2, 0) is 30.1 Å². The molecule has 0 aliphatic heterocycles. The molecular formula is C26H23F3N6O2. The summed E-state index contributed by atoms with van der Waals surface area (Å²) in [5.74, 6) is -0.497. The lowest BCUT2D eigenvalue weighted by Gasteiger charge is -2.24. The minimum absolute atomic E-state index is 0.113. The van der Waals surface area contributed by atoms with Gasteiger partial charge in [0.05, 0.1) is 48.1 Å². The second-order valence-corrected chi connectivity index (χ2v) is 9.46. The van der Waals surface area contributed by atoms with E-state index >= 15 is 0 Å². The molecule has 0 saturated carbocycles. The van der Waals surface area contributed by atoms with Gasteiger partial charge < -0.3 is 4.52 Å². The highest BCUT2D eigenvalue weighted by Crippen LogP contribution is 2.40. The van der Waals surface area contributed by atoms with Crippen molar-refractivity contribution >= 4 is 11.3 Å². The van der Waals surface area contributed by atoms with Crippen molar-refractivity contribution in [2.75, 3.05) is 0 Å². The quantitative estimate of drug-likeness (QED) is 0.308. The Hall–Kier alpha value is -4.28. The topological polar surface area (TPSA) is 91.1 Å². The molecule has 0 atom stereocenters. The Morgan fingerprint density at radius 3 is 2.41 bits per heavy atom. The fourth-order valence-electron chi connectivity index (χ4n) is 3.93. The van der Waals surface area contributed by atoms with Gasteiger partial charge in [0, 0.05) is 36.9 Å². The summed E-state index contributed by atoms with van der Waals surface area (Å²) in [4.78, 5) is 17.1. The van der Waals surface area contributed by atoms with E-state index in [1.54, 1.807) is 27.8 Å². The molecule has 4 aromatic heterocycles. The highest BCUT2D eigenvalue weighted by atomic mass is 19.4. The van der Waals surface area contributed by atoms with Crippen LogP contribution in [-0.4, -0.2) is 41.5 Å². The summed E-state index contributed by atoms with van der Waals surface area (Å²) >= 11 is 0. The number of ketones is 1. The van der Waals surface area contributed by atoms with Crippen LogP contribution in [0.25, 0.3) is 27.9 Å². The van der Waals surface area contributed by atoms with Crippen LogP contribution in [0.1, 0.15) is 30.9 Å². The Bertz CT molecular complexity index is 1580. The van der Waals surface area contributed by atoms with Crippen molar-refractivity contribution in [2.24, 2.45) is 7.05 Å². The first kappa shape index (κ1) is 24.4. The number of alkyl halides is 3. The van der Waals surface area contributed by atoms with E-state index in [0.717, 1.165) is 47.3 Å². The zero-order valence-electron chi connectivity index (χ0n) is 20.3. The number of fused-ring (bicyclic) bond motifs is 1. The van der Waals surface area contributed by atoms with Crippen molar-refractivity contribution < 1.29 is 22.5 Å². The maximum atomic E-state index is 13.2. The molecule has 0 N–H and O–H groups in total. The van der Waals surface area contributed by atoms with Crippen molar-refractivity contribution in [3.63, 3.8) is 0 Å². The van der Waals surface area contributed by atoms with E-state index in [-0.39, 0.29) is 30.1 Å². The highest BCUT2D eigenvalue weighted by molar-refractivity contribution is 5.84. The van der Waals surface area contributed by atoms with Crippen LogP contribution in [0.3, 0.4) is 0 Å². The van der Waals surface area contributed by atoms with E-state index in [2.05, 4.69) is 20.3 Å². The standard InChI is InChI=1S/C26H23F3N6O2/c1-25(2,26(27,28)29)24-10-19(33-37-24)9-20(36)8-16-4-6-17(7-5-16)21-12-32-35-15-22(30-13-23(21)35)18-11-31-34(3)14-18/h4-7,10-15H,8-9H2,1-3H3. The summed E-state index contributed by atoms with van der Waals surface area (Å²) in [6.45, 7) is 2.03. The number of halogens is 3. The van der Waals surface area contributed by atoms with Crippen LogP contribution < -0.4 is 0 Å². The third kappa shape index (κ3) is 4.76. The number of hydrogen-bond acceptors (Lipinski definition) is 6. The molecule has 37 heavy (non-hydrogen) atoms. The summed E-state index contributed by atoms with van der Waals surface area (Å²) in [7, 11) is 1.84. The number of aromatic nitrogens is 6. The minimum Gasteiger partial charge on any atom is -0.360 e. The molecule has 0 radical (unpaired) electrons. The van der Waals surface area contributed by atoms with Gasteiger partial charge >= 0.3 is 6.18 Å². The van der Waals surface area contributed by atoms with Gasteiger partial charge in [0.2, 0.25) is 0 Å². The maximum absolute atomic E-state index is 13.2. The summed E-state index contributed by atoms with van der Waals surface area (Å²) in [5.41, 5.74) is 3.06. The average molecular weight is 509 g/mol. The van der Waals surface area contributed by atoms with Crippen LogP contribution >= 0.6 is 0 Å². The molecule has 11 heteroatoms. The van der Waals surface area contributed by atoms with Gasteiger partial charge in [-0.2, -0.15) is 23.4 Å². The first-order valence-electron chi connectivity index (χ1n) is 11.5. The number of benzene rings is 1. The number of rotatable bonds is 7. The predicted molar refractivity (Wildman–Crippen MR) is 129 cm³/mol. The lowest BCUT2D eigenvalue weighted by Crippen LogP contribution is -2.35. The number of aryl methyl sites for hydroxylation is 1. The molecule has 0 fully saturated rings. The van der Waals surface area contributed by atoms with Crippen LogP contribution in [0.5, 0.6) is 0 Å². The Morgan fingerprint density at radius 2 is 1.73 bits per heavy atom. The Balaban J connectivity index is 1.27. The minimum atomic E-state index is -4.49. The normalized spacial score (nSPS) is 12.4. The molecule has 1 aromatic carbocycles. The second kappa shape index (κ2) is 8.99. The van der Waals surface area contributed by atoms with Gasteiger partial charge in [-0.05, 0) is 25.0 Å². The van der Waals surface area contributed by atoms with E-state index in [0.29, 0.717) is 0 Å². The third-order valence-corrected chi connectivity index (χ3v) is 6.33. The van der Waals surface area contributed by atoms with Crippen molar-refractivity contribution in [1.29, 1.82) is 0 Å². The molecule has 190 valence electrons. The summed E-state index contributed by atoms with van der Waals surface area (Å²) in [6.07, 6.45) is 4.49.